The molecule has 0 amide bonds. The van der Waals surface area contributed by atoms with Crippen LogP contribution in [0.15, 0.2) is 78.4 Å². The normalized spacial score (nSPS) is 13.3. The Morgan fingerprint density at radius 1 is 0.583 bits per heavy atom. The zero-order valence-electron chi connectivity index (χ0n) is 21.3. The molecular formula is C29H30O7. The lowest BCUT2D eigenvalue weighted by molar-refractivity contribution is -0.110. The summed E-state index contributed by atoms with van der Waals surface area (Å²) < 4.78 is 20.9. The molecule has 0 fully saturated rings. The molecule has 0 heterocycles. The number of carbonyl (C=O) groups is 3. The van der Waals surface area contributed by atoms with E-state index in [2.05, 4.69) is 0 Å². The number of ketones is 1. The van der Waals surface area contributed by atoms with Crippen LogP contribution in [-0.2, 0) is 14.3 Å². The summed E-state index contributed by atoms with van der Waals surface area (Å²) in [7, 11) is 0. The summed E-state index contributed by atoms with van der Waals surface area (Å²) in [6, 6.07) is 13.9. The molecule has 7 nitrogen and oxygen atoms in total. The van der Waals surface area contributed by atoms with Gasteiger partial charge in [-0.3, -0.25) is 4.79 Å². The lowest BCUT2D eigenvalue weighted by atomic mass is 9.91. The van der Waals surface area contributed by atoms with Crippen molar-refractivity contribution in [2.45, 2.75) is 52.7 Å². The van der Waals surface area contributed by atoms with Crippen molar-refractivity contribution in [3.8, 4) is 11.5 Å². The van der Waals surface area contributed by atoms with Crippen LogP contribution >= 0.6 is 0 Å². The van der Waals surface area contributed by atoms with E-state index in [1.165, 1.54) is 12.2 Å². The summed E-state index contributed by atoms with van der Waals surface area (Å²) >= 11 is 0. The average molecular weight is 491 g/mol. The minimum atomic E-state index is -0.786. The Morgan fingerprint density at radius 3 is 1.28 bits per heavy atom. The monoisotopic (exact) mass is 490 g/mol. The van der Waals surface area contributed by atoms with E-state index >= 15 is 0 Å². The Bertz CT molecular complexity index is 1120. The second-order valence-corrected chi connectivity index (χ2v) is 10.1. The number of hydrogen-bond acceptors (Lipinski definition) is 7. The molecule has 7 heteroatoms. The molecule has 0 bridgehead atoms. The second-order valence-electron chi connectivity index (χ2n) is 10.1. The van der Waals surface area contributed by atoms with Crippen molar-refractivity contribution < 1.29 is 33.3 Å². The molecule has 0 spiro atoms. The van der Waals surface area contributed by atoms with Crippen LogP contribution < -0.4 is 9.47 Å². The zero-order valence-corrected chi connectivity index (χ0v) is 21.3. The van der Waals surface area contributed by atoms with Gasteiger partial charge < -0.3 is 18.9 Å². The Hall–Kier alpha value is -4.13. The van der Waals surface area contributed by atoms with Crippen LogP contribution in [0.3, 0.4) is 0 Å². The van der Waals surface area contributed by atoms with Gasteiger partial charge in [-0.05, 0) is 100 Å². The lowest BCUT2D eigenvalue weighted by Crippen LogP contribution is -2.25. The third kappa shape index (κ3) is 7.98. The summed E-state index contributed by atoms with van der Waals surface area (Å²) in [6.45, 7) is 10.6. The predicted molar refractivity (Wildman–Crippen MR) is 136 cm³/mol. The minimum absolute atomic E-state index is 0.0969. The van der Waals surface area contributed by atoms with E-state index in [4.69, 9.17) is 18.9 Å². The lowest BCUT2D eigenvalue weighted by Gasteiger charge is -2.19. The Morgan fingerprint density at radius 2 is 0.944 bits per heavy atom. The van der Waals surface area contributed by atoms with Crippen LogP contribution in [0.25, 0.3) is 5.57 Å². The predicted octanol–water partition coefficient (Wildman–Crippen LogP) is 6.81. The molecule has 0 aromatic heterocycles. The van der Waals surface area contributed by atoms with E-state index in [0.717, 1.165) is 22.3 Å². The highest BCUT2D eigenvalue weighted by molar-refractivity contribution is 6.03. The van der Waals surface area contributed by atoms with Crippen molar-refractivity contribution in [2.75, 3.05) is 0 Å². The van der Waals surface area contributed by atoms with Crippen LogP contribution in [0.5, 0.6) is 11.5 Å². The van der Waals surface area contributed by atoms with Crippen LogP contribution in [0.2, 0.25) is 0 Å². The maximum Gasteiger partial charge on any atom is 0.514 e. The third-order valence-electron chi connectivity index (χ3n) is 4.61. The highest BCUT2D eigenvalue weighted by Crippen LogP contribution is 2.32. The molecule has 1 aliphatic carbocycles. The topological polar surface area (TPSA) is 88.1 Å². The summed E-state index contributed by atoms with van der Waals surface area (Å²) in [6.07, 6.45) is 4.91. The minimum Gasteiger partial charge on any atom is -0.428 e. The zero-order chi connectivity index (χ0) is 26.5. The molecule has 1 aliphatic rings. The van der Waals surface area contributed by atoms with E-state index in [-0.39, 0.29) is 5.78 Å². The molecule has 0 saturated heterocycles. The molecule has 0 aliphatic heterocycles. The van der Waals surface area contributed by atoms with E-state index in [1.54, 1.807) is 78.0 Å². The van der Waals surface area contributed by atoms with Crippen LogP contribution in [0, 0.1) is 0 Å². The van der Waals surface area contributed by atoms with Gasteiger partial charge in [-0.2, -0.15) is 0 Å². The highest BCUT2D eigenvalue weighted by Gasteiger charge is 2.20. The van der Waals surface area contributed by atoms with Gasteiger partial charge in [0.05, 0.1) is 0 Å². The van der Waals surface area contributed by atoms with Crippen molar-refractivity contribution in [3.63, 3.8) is 0 Å². The van der Waals surface area contributed by atoms with Crippen molar-refractivity contribution >= 4 is 23.7 Å². The number of benzene rings is 2. The standard InChI is InChI=1S/C29H30O7/c1-28(2,3)35-26(31)33-23-15-9-20(10-16-23)25(19-7-13-22(30)14-8-19)21-11-17-24(18-12-21)34-27(32)36-29(4,5)6/h7-18H,1-6H3. The summed E-state index contributed by atoms with van der Waals surface area (Å²) in [5.74, 6) is 0.576. The Balaban J connectivity index is 1.88. The number of rotatable bonds is 4. The second kappa shape index (κ2) is 10.6. The average Bonchev–Trinajstić information content (AvgIpc) is 2.75. The highest BCUT2D eigenvalue weighted by atomic mass is 16.7. The molecule has 2 aromatic rings. The van der Waals surface area contributed by atoms with Gasteiger partial charge in [0.2, 0.25) is 0 Å². The first kappa shape index (κ1) is 26.5. The Labute approximate surface area is 211 Å². The molecule has 0 atom stereocenters. The van der Waals surface area contributed by atoms with E-state index in [9.17, 15) is 14.4 Å². The Kier molecular flexibility index (Phi) is 7.83. The van der Waals surface area contributed by atoms with Gasteiger partial charge in [0, 0.05) is 0 Å². The van der Waals surface area contributed by atoms with E-state index < -0.39 is 23.5 Å². The maximum atomic E-state index is 12.0. The van der Waals surface area contributed by atoms with Crippen LogP contribution in [0.4, 0.5) is 9.59 Å². The van der Waals surface area contributed by atoms with Gasteiger partial charge in [0.15, 0.2) is 5.78 Å². The number of carbonyl (C=O) groups excluding carboxylic acids is 3. The fraction of sp³-hybridized carbons (Fsp3) is 0.276. The third-order valence-corrected chi connectivity index (χ3v) is 4.61. The van der Waals surface area contributed by atoms with Gasteiger partial charge in [-0.1, -0.05) is 36.4 Å². The molecule has 2 aromatic carbocycles. The van der Waals surface area contributed by atoms with E-state index in [0.29, 0.717) is 11.5 Å². The number of allylic oxidation sites excluding steroid dienone is 5. The molecule has 3 rings (SSSR count). The summed E-state index contributed by atoms with van der Waals surface area (Å²) in [5.41, 5.74) is 1.98. The van der Waals surface area contributed by atoms with Crippen molar-refractivity contribution in [1.29, 1.82) is 0 Å². The van der Waals surface area contributed by atoms with Crippen molar-refractivity contribution in [1.82, 2.24) is 0 Å². The van der Waals surface area contributed by atoms with Crippen LogP contribution in [0.1, 0.15) is 52.7 Å². The quantitative estimate of drug-likeness (QED) is 0.343. The first-order valence-corrected chi connectivity index (χ1v) is 11.5. The van der Waals surface area contributed by atoms with Gasteiger partial charge in [0.25, 0.3) is 0 Å². The maximum absolute atomic E-state index is 12.0. The van der Waals surface area contributed by atoms with Crippen molar-refractivity contribution in [3.05, 3.63) is 89.5 Å². The van der Waals surface area contributed by atoms with Gasteiger partial charge in [0.1, 0.15) is 22.7 Å². The fourth-order valence-corrected chi connectivity index (χ4v) is 3.24. The molecule has 0 unspecified atom stereocenters. The molecule has 188 valence electrons. The first-order valence-electron chi connectivity index (χ1n) is 11.5. The van der Waals surface area contributed by atoms with Crippen LogP contribution in [-0.4, -0.2) is 29.3 Å². The fourth-order valence-electron chi connectivity index (χ4n) is 3.24. The largest absolute Gasteiger partial charge is 0.514 e. The first-order chi connectivity index (χ1) is 16.8. The summed E-state index contributed by atoms with van der Waals surface area (Å²) in [5, 5.41) is 0. The van der Waals surface area contributed by atoms with Gasteiger partial charge in [-0.25, -0.2) is 9.59 Å². The van der Waals surface area contributed by atoms with E-state index in [1.807, 2.05) is 24.3 Å². The van der Waals surface area contributed by atoms with Gasteiger partial charge in [-0.15, -0.1) is 0 Å². The SMILES string of the molecule is CC(C)(C)OC(=O)Oc1ccc(C(=C2C=CC(=O)C=C2)c2ccc(OC(=O)OC(C)(C)C)cc2)cc1. The molecule has 0 N–H and O–H groups in total. The van der Waals surface area contributed by atoms with Gasteiger partial charge >= 0.3 is 12.3 Å². The van der Waals surface area contributed by atoms with Crippen molar-refractivity contribution in [2.24, 2.45) is 0 Å². The smallest absolute Gasteiger partial charge is 0.428 e. The summed E-state index contributed by atoms with van der Waals surface area (Å²) in [4.78, 5) is 35.6. The molecule has 0 saturated carbocycles. The molecule has 0 radical (unpaired) electrons. The number of ether oxygens (including phenoxy) is 4. The molecular weight excluding hydrogens is 460 g/mol. The molecule has 36 heavy (non-hydrogen) atoms. The number of hydrogen-bond donors (Lipinski definition) is 0.